The largest absolute Gasteiger partial charge is 0.494 e. The van der Waals surface area contributed by atoms with Crippen LogP contribution in [0.3, 0.4) is 0 Å². The van der Waals surface area contributed by atoms with Crippen LogP contribution in [0.15, 0.2) is 67.3 Å². The van der Waals surface area contributed by atoms with Gasteiger partial charge < -0.3 is 19.5 Å². The van der Waals surface area contributed by atoms with Crippen molar-refractivity contribution < 1.29 is 13.9 Å². The van der Waals surface area contributed by atoms with E-state index in [1.807, 2.05) is 61.9 Å². The average molecular weight is 453 g/mol. The van der Waals surface area contributed by atoms with Crippen LogP contribution in [0.5, 0.6) is 5.75 Å². The lowest BCUT2D eigenvalue weighted by Gasteiger charge is -2.29. The quantitative estimate of drug-likeness (QED) is 0.445. The number of amides is 2. The number of hydrogen-bond acceptors (Lipinski definition) is 3. The lowest BCUT2D eigenvalue weighted by molar-refractivity contribution is 0.191. The maximum atomic E-state index is 14.3. The summed E-state index contributed by atoms with van der Waals surface area (Å²) in [5.41, 5.74) is 1.07. The zero-order valence-electron chi connectivity index (χ0n) is 19.6. The smallest absolute Gasteiger partial charge is 0.317 e. The van der Waals surface area contributed by atoms with E-state index >= 15 is 0 Å². The highest BCUT2D eigenvalue weighted by Crippen LogP contribution is 2.25. The molecule has 1 aromatic heterocycles. The van der Waals surface area contributed by atoms with Crippen molar-refractivity contribution in [1.82, 2.24) is 19.8 Å². The number of urea groups is 1. The lowest BCUT2D eigenvalue weighted by Crippen LogP contribution is -2.45. The molecule has 7 heteroatoms. The third-order valence-electron chi connectivity index (χ3n) is 5.58. The fourth-order valence-electron chi connectivity index (χ4n) is 3.71. The number of carbonyl (C=O) groups is 1. The maximum Gasteiger partial charge on any atom is 0.317 e. The Morgan fingerprint density at radius 2 is 1.94 bits per heavy atom. The molecule has 33 heavy (non-hydrogen) atoms. The number of aromatic nitrogens is 2. The average Bonchev–Trinajstić information content (AvgIpc) is 3.32. The van der Waals surface area contributed by atoms with Gasteiger partial charge in [-0.15, -0.1) is 0 Å². The number of imidazole rings is 1. The van der Waals surface area contributed by atoms with Crippen LogP contribution in [-0.4, -0.2) is 40.2 Å². The minimum atomic E-state index is -0.539. The summed E-state index contributed by atoms with van der Waals surface area (Å²) in [6.07, 6.45) is 6.22. The van der Waals surface area contributed by atoms with Crippen LogP contribution in [0.25, 0.3) is 0 Å². The standard InChI is InChI=1S/C26H33FN4O2/c1-4-33-22-12-10-21(11-13-22)18-31(16-7-15-30-17-14-28-20-30)25(32)29-19-26(2,3)23-8-5-6-9-24(23)27/h5-6,8-14,17,20H,4,7,15-16,18-19H2,1-3H3,(H,29,32). The highest BCUT2D eigenvalue weighted by Gasteiger charge is 2.25. The van der Waals surface area contributed by atoms with Gasteiger partial charge in [-0.1, -0.05) is 44.2 Å². The molecule has 0 aliphatic rings. The van der Waals surface area contributed by atoms with Gasteiger partial charge in [0, 0.05) is 44.0 Å². The Labute approximate surface area is 195 Å². The summed E-state index contributed by atoms with van der Waals surface area (Å²) in [6, 6.07) is 14.3. The van der Waals surface area contributed by atoms with E-state index in [2.05, 4.69) is 10.3 Å². The van der Waals surface area contributed by atoms with E-state index in [9.17, 15) is 9.18 Å². The molecular formula is C26H33FN4O2. The molecule has 0 bridgehead atoms. The number of ether oxygens (including phenoxy) is 1. The number of halogens is 1. The van der Waals surface area contributed by atoms with Gasteiger partial charge in [0.1, 0.15) is 11.6 Å². The molecule has 0 aliphatic heterocycles. The second kappa shape index (κ2) is 11.5. The van der Waals surface area contributed by atoms with E-state index in [1.54, 1.807) is 29.6 Å². The summed E-state index contributed by atoms with van der Waals surface area (Å²) in [6.45, 7) is 8.58. The van der Waals surface area contributed by atoms with E-state index in [4.69, 9.17) is 4.74 Å². The van der Waals surface area contributed by atoms with Crippen LogP contribution < -0.4 is 10.1 Å². The molecule has 3 rings (SSSR count). The van der Waals surface area contributed by atoms with Crippen molar-refractivity contribution in [2.75, 3.05) is 19.7 Å². The van der Waals surface area contributed by atoms with Crippen molar-refractivity contribution in [3.8, 4) is 5.75 Å². The number of nitrogens with zero attached hydrogens (tertiary/aromatic N) is 3. The molecule has 3 aromatic rings. The van der Waals surface area contributed by atoms with Crippen molar-refractivity contribution in [3.05, 3.63) is 84.2 Å². The van der Waals surface area contributed by atoms with Crippen LogP contribution in [0.4, 0.5) is 9.18 Å². The summed E-state index contributed by atoms with van der Waals surface area (Å²) in [4.78, 5) is 19.0. The summed E-state index contributed by atoms with van der Waals surface area (Å²) in [7, 11) is 0. The molecule has 6 nitrogen and oxygen atoms in total. The first-order chi connectivity index (χ1) is 15.9. The van der Waals surface area contributed by atoms with Crippen molar-refractivity contribution in [1.29, 1.82) is 0 Å². The van der Waals surface area contributed by atoms with E-state index in [1.165, 1.54) is 6.07 Å². The zero-order valence-corrected chi connectivity index (χ0v) is 19.6. The minimum Gasteiger partial charge on any atom is -0.494 e. The van der Waals surface area contributed by atoms with Gasteiger partial charge in [0.15, 0.2) is 0 Å². The molecule has 0 atom stereocenters. The Balaban J connectivity index is 1.65. The number of rotatable bonds is 11. The molecule has 1 heterocycles. The lowest BCUT2D eigenvalue weighted by atomic mass is 9.84. The van der Waals surface area contributed by atoms with E-state index in [-0.39, 0.29) is 11.8 Å². The second-order valence-corrected chi connectivity index (χ2v) is 8.68. The molecule has 0 fully saturated rings. The third-order valence-corrected chi connectivity index (χ3v) is 5.58. The van der Waals surface area contributed by atoms with Crippen molar-refractivity contribution >= 4 is 6.03 Å². The Kier molecular flexibility index (Phi) is 8.46. The van der Waals surface area contributed by atoms with E-state index in [0.717, 1.165) is 24.3 Å². The molecular weight excluding hydrogens is 419 g/mol. The van der Waals surface area contributed by atoms with Crippen LogP contribution in [0.2, 0.25) is 0 Å². The number of nitrogens with one attached hydrogen (secondary N) is 1. The molecule has 0 radical (unpaired) electrons. The Morgan fingerprint density at radius 3 is 2.61 bits per heavy atom. The molecule has 0 saturated carbocycles. The van der Waals surface area contributed by atoms with Crippen LogP contribution in [-0.2, 0) is 18.5 Å². The number of benzene rings is 2. The topological polar surface area (TPSA) is 59.4 Å². The molecule has 0 unspecified atom stereocenters. The van der Waals surface area contributed by atoms with Gasteiger partial charge in [-0.2, -0.15) is 0 Å². The monoisotopic (exact) mass is 452 g/mol. The van der Waals surface area contributed by atoms with Crippen LogP contribution >= 0.6 is 0 Å². The van der Waals surface area contributed by atoms with Crippen LogP contribution in [0, 0.1) is 5.82 Å². The van der Waals surface area contributed by atoms with Crippen molar-refractivity contribution in [2.45, 2.75) is 45.7 Å². The Morgan fingerprint density at radius 1 is 1.18 bits per heavy atom. The zero-order chi connectivity index (χ0) is 23.7. The highest BCUT2D eigenvalue weighted by molar-refractivity contribution is 5.74. The van der Waals surface area contributed by atoms with Crippen molar-refractivity contribution in [3.63, 3.8) is 0 Å². The van der Waals surface area contributed by atoms with Gasteiger partial charge >= 0.3 is 6.03 Å². The summed E-state index contributed by atoms with van der Waals surface area (Å²) in [5, 5.41) is 3.02. The minimum absolute atomic E-state index is 0.168. The first-order valence-corrected chi connectivity index (χ1v) is 11.3. The highest BCUT2D eigenvalue weighted by atomic mass is 19.1. The second-order valence-electron chi connectivity index (χ2n) is 8.68. The first kappa shape index (κ1) is 24.3. The fourth-order valence-corrected chi connectivity index (χ4v) is 3.71. The number of aryl methyl sites for hydroxylation is 1. The van der Waals surface area contributed by atoms with Gasteiger partial charge in [0.2, 0.25) is 0 Å². The third kappa shape index (κ3) is 7.07. The van der Waals surface area contributed by atoms with Crippen LogP contribution in [0.1, 0.15) is 38.3 Å². The molecule has 0 spiro atoms. The number of carbonyl (C=O) groups excluding carboxylic acids is 1. The SMILES string of the molecule is CCOc1ccc(CN(CCCn2ccnc2)C(=O)NCC(C)(C)c2ccccc2F)cc1. The maximum absolute atomic E-state index is 14.3. The predicted molar refractivity (Wildman–Crippen MR) is 128 cm³/mol. The van der Waals surface area contributed by atoms with E-state index < -0.39 is 5.41 Å². The van der Waals surface area contributed by atoms with Crippen molar-refractivity contribution in [2.24, 2.45) is 0 Å². The summed E-state index contributed by atoms with van der Waals surface area (Å²) >= 11 is 0. The summed E-state index contributed by atoms with van der Waals surface area (Å²) < 4.78 is 21.8. The van der Waals surface area contributed by atoms with E-state index in [0.29, 0.717) is 31.8 Å². The molecule has 1 N–H and O–H groups in total. The Hall–Kier alpha value is -3.35. The van der Waals surface area contributed by atoms with Gasteiger partial charge in [-0.3, -0.25) is 0 Å². The van der Waals surface area contributed by atoms with Gasteiger partial charge in [-0.25, -0.2) is 14.2 Å². The summed E-state index contributed by atoms with van der Waals surface area (Å²) in [5.74, 6) is 0.548. The normalized spacial score (nSPS) is 11.3. The first-order valence-electron chi connectivity index (χ1n) is 11.3. The van der Waals surface area contributed by atoms with Gasteiger partial charge in [0.05, 0.1) is 12.9 Å². The molecule has 2 amide bonds. The molecule has 2 aromatic carbocycles. The molecule has 176 valence electrons. The molecule has 0 aliphatic carbocycles. The number of hydrogen-bond donors (Lipinski definition) is 1. The predicted octanol–water partition coefficient (Wildman–Crippen LogP) is 5.00. The molecule has 0 saturated heterocycles. The van der Waals surface area contributed by atoms with Gasteiger partial charge in [-0.05, 0) is 42.7 Å². The van der Waals surface area contributed by atoms with Gasteiger partial charge in [0.25, 0.3) is 0 Å². The Bertz CT molecular complexity index is 1000. The fraction of sp³-hybridized carbons (Fsp3) is 0.385.